The summed E-state index contributed by atoms with van der Waals surface area (Å²) in [4.78, 5) is 15.3. The molecule has 0 radical (unpaired) electrons. The molecule has 0 aromatic rings. The fraction of sp³-hybridized carbons (Fsp3) is 0.839. The summed E-state index contributed by atoms with van der Waals surface area (Å²) in [5.74, 6) is 0.545. The largest absolute Gasteiger partial charge is 0.347 e. The second kappa shape index (κ2) is 40.3. The average Bonchev–Trinajstić information content (AvgIpc) is 3.65. The van der Waals surface area contributed by atoms with Crippen LogP contribution in [0.3, 0.4) is 0 Å². The zero-order valence-electron chi connectivity index (χ0n) is 40.4. The highest BCUT2D eigenvalue weighted by atomic mass is 16.7. The molecule has 2 fully saturated rings. The summed E-state index contributed by atoms with van der Waals surface area (Å²) < 4.78 is 13.5. The van der Waals surface area contributed by atoms with Gasteiger partial charge in [-0.2, -0.15) is 0 Å². The summed E-state index contributed by atoms with van der Waals surface area (Å²) in [7, 11) is 2.26. The van der Waals surface area contributed by atoms with Crippen LogP contribution in [-0.4, -0.2) is 49.3 Å². The van der Waals surface area contributed by atoms with E-state index in [1.807, 2.05) is 0 Å². The molecule has 0 spiro atoms. The van der Waals surface area contributed by atoms with Crippen molar-refractivity contribution in [1.29, 1.82) is 0 Å². The van der Waals surface area contributed by atoms with Crippen LogP contribution in [-0.2, 0) is 14.3 Å². The maximum absolute atomic E-state index is 12.8. The van der Waals surface area contributed by atoms with Crippen LogP contribution < -0.4 is 0 Å². The Labute approximate surface area is 374 Å². The maximum Gasteiger partial charge on any atom is 0.168 e. The predicted octanol–water partition coefficient (Wildman–Crippen LogP) is 17.3. The molecule has 1 unspecified atom stereocenters. The molecule has 0 bridgehead atoms. The second-order valence-electron chi connectivity index (χ2n) is 19.0. The average molecular weight is 836 g/mol. The third kappa shape index (κ3) is 31.4. The van der Waals surface area contributed by atoms with Crippen molar-refractivity contribution in [3.63, 3.8) is 0 Å². The third-order valence-corrected chi connectivity index (χ3v) is 13.3. The van der Waals surface area contributed by atoms with Gasteiger partial charge in [-0.3, -0.25) is 4.79 Å². The minimum atomic E-state index is -0.364. The molecule has 2 aliphatic rings. The van der Waals surface area contributed by atoms with Crippen LogP contribution in [0.1, 0.15) is 258 Å². The first kappa shape index (κ1) is 54.6. The second-order valence-corrected chi connectivity index (χ2v) is 19.0. The van der Waals surface area contributed by atoms with Gasteiger partial charge in [-0.25, -0.2) is 0 Å². The number of unbranched alkanes of at least 4 members (excludes halogenated alkanes) is 20. The zero-order valence-corrected chi connectivity index (χ0v) is 40.4. The summed E-state index contributed by atoms with van der Waals surface area (Å²) in [6, 6.07) is 0. The lowest BCUT2D eigenvalue weighted by Crippen LogP contribution is -2.32. The standard InChI is InChI=1S/C56H101NO3/c1-4-6-8-10-12-14-16-18-20-22-24-26-28-30-35-41-48-56(49-42-36-31-29-27-25-23-21-19-17-15-13-11-9-7-5-2)59-52-54(60-56)47-51-57(3)50-43-37-40-46-55(58)53-44-38-33-32-34-39-45-53/h12-15,18-21,53-54H,4-11,16-17,22-52H2,1-3H3/b14-12-,15-13-,20-18-,21-19-. The van der Waals surface area contributed by atoms with Crippen LogP contribution in [0.2, 0.25) is 0 Å². The van der Waals surface area contributed by atoms with Crippen molar-refractivity contribution >= 4 is 5.78 Å². The van der Waals surface area contributed by atoms with E-state index in [9.17, 15) is 4.79 Å². The number of allylic oxidation sites excluding steroid dienone is 8. The first-order chi connectivity index (χ1) is 29.6. The Bertz CT molecular complexity index is 1020. The lowest BCUT2D eigenvalue weighted by Gasteiger charge is -2.29. The molecule has 2 rings (SSSR count). The molecule has 60 heavy (non-hydrogen) atoms. The van der Waals surface area contributed by atoms with E-state index in [4.69, 9.17) is 9.47 Å². The molecule has 1 heterocycles. The topological polar surface area (TPSA) is 38.8 Å². The summed E-state index contributed by atoms with van der Waals surface area (Å²) >= 11 is 0. The molecule has 0 aromatic carbocycles. The van der Waals surface area contributed by atoms with E-state index in [-0.39, 0.29) is 11.9 Å². The Balaban J connectivity index is 1.64. The van der Waals surface area contributed by atoms with E-state index in [0.717, 1.165) is 83.9 Å². The fourth-order valence-electron chi connectivity index (χ4n) is 9.23. The van der Waals surface area contributed by atoms with Gasteiger partial charge >= 0.3 is 0 Å². The van der Waals surface area contributed by atoms with E-state index < -0.39 is 0 Å². The smallest absolute Gasteiger partial charge is 0.168 e. The number of Topliss-reactive ketones (excluding diaryl/α,β-unsaturated/α-hetero) is 1. The molecule has 348 valence electrons. The van der Waals surface area contributed by atoms with Crippen LogP contribution in [0.25, 0.3) is 0 Å². The molecule has 0 N–H and O–H groups in total. The van der Waals surface area contributed by atoms with E-state index in [2.05, 4.69) is 74.4 Å². The number of hydrogen-bond donors (Lipinski definition) is 0. The number of carbonyl (C=O) groups is 1. The van der Waals surface area contributed by atoms with Gasteiger partial charge in [0.05, 0.1) is 12.7 Å². The molecular formula is C56H101NO3. The van der Waals surface area contributed by atoms with Crippen molar-refractivity contribution in [2.75, 3.05) is 26.7 Å². The normalized spacial score (nSPS) is 18.0. The van der Waals surface area contributed by atoms with Crippen molar-refractivity contribution in [3.05, 3.63) is 48.6 Å². The molecule has 1 saturated carbocycles. The highest BCUT2D eigenvalue weighted by Gasteiger charge is 2.40. The minimum Gasteiger partial charge on any atom is -0.347 e. The van der Waals surface area contributed by atoms with E-state index in [1.165, 1.54) is 180 Å². The van der Waals surface area contributed by atoms with Gasteiger partial charge in [-0.1, -0.05) is 178 Å². The van der Waals surface area contributed by atoms with Crippen molar-refractivity contribution in [2.24, 2.45) is 5.92 Å². The summed E-state index contributed by atoms with van der Waals surface area (Å²) in [6.45, 7) is 7.46. The van der Waals surface area contributed by atoms with Gasteiger partial charge in [0.15, 0.2) is 5.79 Å². The van der Waals surface area contributed by atoms with Crippen LogP contribution in [0, 0.1) is 5.92 Å². The molecule has 1 saturated heterocycles. The number of carbonyl (C=O) groups excluding carboxylic acids is 1. The van der Waals surface area contributed by atoms with Crippen molar-refractivity contribution in [2.45, 2.75) is 270 Å². The number of ether oxygens (including phenoxy) is 2. The maximum atomic E-state index is 12.8. The van der Waals surface area contributed by atoms with E-state index in [0.29, 0.717) is 11.7 Å². The van der Waals surface area contributed by atoms with Crippen LogP contribution in [0.4, 0.5) is 0 Å². The molecular weight excluding hydrogens is 735 g/mol. The first-order valence-corrected chi connectivity index (χ1v) is 26.7. The molecule has 1 atom stereocenters. The Kier molecular flexibility index (Phi) is 36.7. The van der Waals surface area contributed by atoms with Gasteiger partial charge in [0, 0.05) is 31.7 Å². The van der Waals surface area contributed by atoms with Crippen LogP contribution in [0.15, 0.2) is 48.6 Å². The van der Waals surface area contributed by atoms with Crippen LogP contribution >= 0.6 is 0 Å². The van der Waals surface area contributed by atoms with Gasteiger partial charge in [0.25, 0.3) is 0 Å². The number of hydrogen-bond acceptors (Lipinski definition) is 4. The molecule has 4 heteroatoms. The predicted molar refractivity (Wildman–Crippen MR) is 263 cm³/mol. The van der Waals surface area contributed by atoms with Gasteiger partial charge in [0.1, 0.15) is 5.78 Å². The Morgan fingerprint density at radius 1 is 0.533 bits per heavy atom. The monoisotopic (exact) mass is 836 g/mol. The summed E-state index contributed by atoms with van der Waals surface area (Å²) in [5, 5.41) is 0. The van der Waals surface area contributed by atoms with E-state index in [1.54, 1.807) is 0 Å². The van der Waals surface area contributed by atoms with Gasteiger partial charge in [-0.05, 0) is 123 Å². The Hall–Kier alpha value is -1.49. The Morgan fingerprint density at radius 3 is 1.50 bits per heavy atom. The van der Waals surface area contributed by atoms with Crippen molar-refractivity contribution in [1.82, 2.24) is 4.90 Å². The fourth-order valence-corrected chi connectivity index (χ4v) is 9.23. The van der Waals surface area contributed by atoms with Gasteiger partial charge in [0.2, 0.25) is 0 Å². The first-order valence-electron chi connectivity index (χ1n) is 26.7. The third-order valence-electron chi connectivity index (χ3n) is 13.3. The molecule has 0 aromatic heterocycles. The lowest BCUT2D eigenvalue weighted by atomic mass is 9.86. The quantitative estimate of drug-likeness (QED) is 0.0455. The lowest BCUT2D eigenvalue weighted by molar-refractivity contribution is -0.180. The molecule has 1 aliphatic carbocycles. The minimum absolute atomic E-state index is 0.211. The summed E-state index contributed by atoms with van der Waals surface area (Å²) in [6.07, 6.45) is 66.0. The van der Waals surface area contributed by atoms with Crippen LogP contribution in [0.5, 0.6) is 0 Å². The van der Waals surface area contributed by atoms with E-state index >= 15 is 0 Å². The highest BCUT2D eigenvalue weighted by Crippen LogP contribution is 2.36. The Morgan fingerprint density at radius 2 is 0.983 bits per heavy atom. The molecule has 1 aliphatic heterocycles. The van der Waals surface area contributed by atoms with Crippen molar-refractivity contribution < 1.29 is 14.3 Å². The highest BCUT2D eigenvalue weighted by molar-refractivity contribution is 5.80. The molecule has 4 nitrogen and oxygen atoms in total. The number of ketones is 1. The molecule has 0 amide bonds. The number of nitrogens with zero attached hydrogens (tertiary/aromatic N) is 1. The number of rotatable bonds is 40. The van der Waals surface area contributed by atoms with Gasteiger partial charge in [-0.15, -0.1) is 0 Å². The summed E-state index contributed by atoms with van der Waals surface area (Å²) in [5.41, 5.74) is 0. The van der Waals surface area contributed by atoms with Crippen molar-refractivity contribution in [3.8, 4) is 0 Å². The zero-order chi connectivity index (χ0) is 42.9. The SMILES string of the molecule is CCCCC/C=C\C/C=C\CCCCCCCCC1(CCCCCCCC/C=C\C/C=C\CCCCC)OCC(CCN(C)CCCCCC(=O)C2CCCCCCC2)O1. The van der Waals surface area contributed by atoms with Gasteiger partial charge < -0.3 is 14.4 Å².